The normalized spacial score (nSPS) is 12.6. The molecule has 0 radical (unpaired) electrons. The van der Waals surface area contributed by atoms with Crippen LogP contribution in [0.3, 0.4) is 0 Å². The van der Waals surface area contributed by atoms with Crippen molar-refractivity contribution >= 4 is 0 Å². The van der Waals surface area contributed by atoms with Gasteiger partial charge in [0, 0.05) is 6.04 Å². The molecule has 0 aromatic carbocycles. The summed E-state index contributed by atoms with van der Waals surface area (Å²) in [5.74, 6) is 0. The molecule has 0 heterocycles. The highest BCUT2D eigenvalue weighted by molar-refractivity contribution is 4.65. The largest absolute Gasteiger partial charge is 0.395 e. The monoisotopic (exact) mass is 355 g/mol. The van der Waals surface area contributed by atoms with Crippen molar-refractivity contribution < 1.29 is 5.11 Å². The Morgan fingerprint density at radius 1 is 0.560 bits per heavy atom. The maximum Gasteiger partial charge on any atom is 0.0584 e. The Morgan fingerprint density at radius 3 is 1.36 bits per heavy atom. The van der Waals surface area contributed by atoms with Gasteiger partial charge in [0.2, 0.25) is 0 Å². The van der Waals surface area contributed by atoms with E-state index in [1.807, 2.05) is 0 Å². The van der Waals surface area contributed by atoms with Crippen LogP contribution in [0.5, 0.6) is 0 Å². The summed E-state index contributed by atoms with van der Waals surface area (Å²) in [4.78, 5) is 0. The zero-order valence-electron chi connectivity index (χ0n) is 17.7. The Hall–Kier alpha value is -0.0800. The second-order valence-corrected chi connectivity index (χ2v) is 7.93. The lowest BCUT2D eigenvalue weighted by atomic mass is 10.0. The predicted octanol–water partition coefficient (Wildman–Crippen LogP) is 7.00. The molecule has 0 fully saturated rings. The van der Waals surface area contributed by atoms with Crippen LogP contribution in [-0.2, 0) is 0 Å². The Kier molecular flexibility index (Phi) is 21.9. The summed E-state index contributed by atoms with van der Waals surface area (Å²) in [6.45, 7) is 5.85. The molecule has 0 spiro atoms. The van der Waals surface area contributed by atoms with E-state index in [2.05, 4.69) is 19.2 Å². The zero-order chi connectivity index (χ0) is 18.4. The minimum Gasteiger partial charge on any atom is -0.395 e. The van der Waals surface area contributed by atoms with E-state index in [4.69, 9.17) is 0 Å². The summed E-state index contributed by atoms with van der Waals surface area (Å²) >= 11 is 0. The topological polar surface area (TPSA) is 32.3 Å². The second kappa shape index (κ2) is 22.0. The first-order chi connectivity index (χ1) is 12.3. The smallest absolute Gasteiger partial charge is 0.0584 e. The Morgan fingerprint density at radius 2 is 0.960 bits per heavy atom. The third kappa shape index (κ3) is 20.1. The van der Waals surface area contributed by atoms with E-state index in [0.29, 0.717) is 12.6 Å². The van der Waals surface area contributed by atoms with Crippen molar-refractivity contribution in [1.82, 2.24) is 5.32 Å². The Labute approximate surface area is 159 Å². The van der Waals surface area contributed by atoms with Crippen LogP contribution in [0.25, 0.3) is 0 Å². The first-order valence-electron chi connectivity index (χ1n) is 11.7. The van der Waals surface area contributed by atoms with Gasteiger partial charge in [-0.15, -0.1) is 0 Å². The number of aliphatic hydroxyl groups is 1. The van der Waals surface area contributed by atoms with Crippen molar-refractivity contribution in [2.45, 2.75) is 135 Å². The Bertz CT molecular complexity index is 232. The van der Waals surface area contributed by atoms with Crippen molar-refractivity contribution in [3.05, 3.63) is 0 Å². The average molecular weight is 356 g/mol. The fourth-order valence-electron chi connectivity index (χ4n) is 3.50. The van der Waals surface area contributed by atoms with Crippen LogP contribution < -0.4 is 5.32 Å². The molecule has 0 aromatic heterocycles. The highest BCUT2D eigenvalue weighted by Gasteiger charge is 2.05. The third-order valence-corrected chi connectivity index (χ3v) is 5.34. The molecule has 0 saturated heterocycles. The molecule has 0 aliphatic heterocycles. The summed E-state index contributed by atoms with van der Waals surface area (Å²) in [6, 6.07) is 0.327. The quantitative estimate of drug-likeness (QED) is 0.217. The lowest BCUT2D eigenvalue weighted by molar-refractivity contribution is 0.232. The van der Waals surface area contributed by atoms with Gasteiger partial charge in [-0.25, -0.2) is 0 Å². The first kappa shape index (κ1) is 24.9. The molecular weight excluding hydrogens is 306 g/mol. The van der Waals surface area contributed by atoms with E-state index < -0.39 is 0 Å². The van der Waals surface area contributed by atoms with E-state index in [0.717, 1.165) is 13.0 Å². The fourth-order valence-corrected chi connectivity index (χ4v) is 3.50. The minimum absolute atomic E-state index is 0.294. The summed E-state index contributed by atoms with van der Waals surface area (Å²) in [5.41, 5.74) is 0. The van der Waals surface area contributed by atoms with E-state index in [9.17, 15) is 5.11 Å². The van der Waals surface area contributed by atoms with E-state index in [-0.39, 0.29) is 0 Å². The maximum absolute atomic E-state index is 9.38. The Balaban J connectivity index is 3.15. The van der Waals surface area contributed by atoms with Crippen molar-refractivity contribution in [3.63, 3.8) is 0 Å². The van der Waals surface area contributed by atoms with Crippen LogP contribution in [0.2, 0.25) is 0 Å². The fraction of sp³-hybridized carbons (Fsp3) is 1.00. The summed E-state index contributed by atoms with van der Waals surface area (Å²) in [5, 5.41) is 12.8. The highest BCUT2D eigenvalue weighted by Crippen LogP contribution is 2.14. The van der Waals surface area contributed by atoms with Gasteiger partial charge in [-0.1, -0.05) is 117 Å². The van der Waals surface area contributed by atoms with Crippen LogP contribution in [0.1, 0.15) is 129 Å². The van der Waals surface area contributed by atoms with Crippen molar-refractivity contribution in [2.24, 2.45) is 0 Å². The molecule has 25 heavy (non-hydrogen) atoms. The van der Waals surface area contributed by atoms with Crippen LogP contribution in [0.4, 0.5) is 0 Å². The third-order valence-electron chi connectivity index (χ3n) is 5.34. The van der Waals surface area contributed by atoms with Crippen LogP contribution in [0.15, 0.2) is 0 Å². The molecule has 0 amide bonds. The van der Waals surface area contributed by atoms with Gasteiger partial charge in [-0.2, -0.15) is 0 Å². The minimum atomic E-state index is 0.294. The highest BCUT2D eigenvalue weighted by atomic mass is 16.3. The number of nitrogens with one attached hydrogen (secondary N) is 1. The second-order valence-electron chi connectivity index (χ2n) is 7.93. The van der Waals surface area contributed by atoms with E-state index in [1.54, 1.807) is 0 Å². The van der Waals surface area contributed by atoms with Gasteiger partial charge in [-0.3, -0.25) is 0 Å². The predicted molar refractivity (Wildman–Crippen MR) is 113 cm³/mol. The molecule has 0 bridgehead atoms. The standard InChI is InChI=1S/C23H49NO/c1-3-5-7-8-9-10-11-12-13-14-15-16-17-18-19-20-23(22-25)24-21-6-4-2/h23-25H,3-22H2,1-2H3. The van der Waals surface area contributed by atoms with Gasteiger partial charge in [0.25, 0.3) is 0 Å². The molecule has 1 atom stereocenters. The lowest BCUT2D eigenvalue weighted by Crippen LogP contribution is -2.33. The van der Waals surface area contributed by atoms with Gasteiger partial charge >= 0.3 is 0 Å². The van der Waals surface area contributed by atoms with E-state index >= 15 is 0 Å². The molecule has 0 aromatic rings. The number of hydrogen-bond donors (Lipinski definition) is 2. The number of rotatable bonds is 21. The van der Waals surface area contributed by atoms with E-state index in [1.165, 1.54) is 109 Å². The molecule has 2 nitrogen and oxygen atoms in total. The molecule has 2 N–H and O–H groups in total. The molecule has 1 unspecified atom stereocenters. The van der Waals surface area contributed by atoms with Crippen molar-refractivity contribution in [3.8, 4) is 0 Å². The van der Waals surface area contributed by atoms with Gasteiger partial charge in [0.15, 0.2) is 0 Å². The summed E-state index contributed by atoms with van der Waals surface area (Å²) in [6.07, 6.45) is 24.8. The van der Waals surface area contributed by atoms with Gasteiger partial charge in [0.1, 0.15) is 0 Å². The average Bonchev–Trinajstić information content (AvgIpc) is 2.63. The van der Waals surface area contributed by atoms with Crippen LogP contribution in [0, 0.1) is 0 Å². The molecule has 152 valence electrons. The van der Waals surface area contributed by atoms with Crippen LogP contribution in [-0.4, -0.2) is 24.3 Å². The van der Waals surface area contributed by atoms with Crippen molar-refractivity contribution in [1.29, 1.82) is 0 Å². The summed E-state index contributed by atoms with van der Waals surface area (Å²) in [7, 11) is 0. The SMILES string of the molecule is CCCCCCCCCCCCCCCCCC(CO)NCCCC. The molecule has 2 heteroatoms. The number of unbranched alkanes of at least 4 members (excludes halogenated alkanes) is 15. The van der Waals surface area contributed by atoms with Gasteiger partial charge in [-0.05, 0) is 19.4 Å². The number of hydrogen-bond acceptors (Lipinski definition) is 2. The maximum atomic E-state index is 9.38. The van der Waals surface area contributed by atoms with Crippen molar-refractivity contribution in [2.75, 3.05) is 13.2 Å². The molecule has 0 aliphatic carbocycles. The number of aliphatic hydroxyl groups excluding tert-OH is 1. The van der Waals surface area contributed by atoms with Crippen LogP contribution >= 0.6 is 0 Å². The van der Waals surface area contributed by atoms with Gasteiger partial charge in [0.05, 0.1) is 6.61 Å². The molecule has 0 aliphatic rings. The molecule has 0 saturated carbocycles. The lowest BCUT2D eigenvalue weighted by Gasteiger charge is -2.15. The zero-order valence-corrected chi connectivity index (χ0v) is 17.7. The molecule has 0 rings (SSSR count). The summed E-state index contributed by atoms with van der Waals surface area (Å²) < 4.78 is 0. The van der Waals surface area contributed by atoms with Gasteiger partial charge < -0.3 is 10.4 Å². The first-order valence-corrected chi connectivity index (χ1v) is 11.7. The molecular formula is C23H49NO.